The van der Waals surface area contributed by atoms with E-state index >= 15 is 0 Å². The topological polar surface area (TPSA) is 46.3 Å². The summed E-state index contributed by atoms with van der Waals surface area (Å²) in [6.07, 6.45) is 1.43. The Labute approximate surface area is 87.6 Å². The predicted octanol–water partition coefficient (Wildman–Crippen LogP) is 0.839. The molecule has 1 saturated heterocycles. The molecule has 1 aliphatic heterocycles. The number of likely N-dealkylation sites (tertiary alicyclic amines) is 1. The third-order valence-corrected chi connectivity index (χ3v) is 3.38. The second kappa shape index (κ2) is 3.70. The van der Waals surface area contributed by atoms with E-state index in [0.29, 0.717) is 25.6 Å². The normalized spacial score (nSPS) is 30.3. The molecule has 2 fully saturated rings. The van der Waals surface area contributed by atoms with Gasteiger partial charge >= 0.3 is 0 Å². The molecule has 0 radical (unpaired) electrons. The number of nitrogens with zero attached hydrogens (tertiary/aromatic N) is 1. The Morgan fingerprint density at radius 1 is 1.40 bits per heavy atom. The molecule has 2 aliphatic rings. The molecule has 1 aliphatic carbocycles. The molecule has 0 aromatic rings. The van der Waals surface area contributed by atoms with E-state index < -0.39 is 11.8 Å². The molecule has 0 spiro atoms. The molecule has 0 bridgehead atoms. The third-order valence-electron chi connectivity index (χ3n) is 3.38. The van der Waals surface area contributed by atoms with Crippen LogP contribution in [0.2, 0.25) is 0 Å². The molecule has 1 amide bonds. The SMILES string of the molecule is NCC1CCN(C(=O)C2CC2(F)F)CC1. The van der Waals surface area contributed by atoms with Crippen LogP contribution in [-0.2, 0) is 4.79 Å². The maximum absolute atomic E-state index is 12.7. The van der Waals surface area contributed by atoms with Crippen LogP contribution in [0.1, 0.15) is 19.3 Å². The van der Waals surface area contributed by atoms with Gasteiger partial charge in [-0.3, -0.25) is 4.79 Å². The van der Waals surface area contributed by atoms with E-state index in [1.54, 1.807) is 4.90 Å². The van der Waals surface area contributed by atoms with Gasteiger partial charge in [-0.05, 0) is 25.3 Å². The van der Waals surface area contributed by atoms with E-state index in [1.165, 1.54) is 0 Å². The van der Waals surface area contributed by atoms with Gasteiger partial charge in [0.05, 0.1) is 0 Å². The van der Waals surface area contributed by atoms with Crippen molar-refractivity contribution in [2.24, 2.45) is 17.6 Å². The van der Waals surface area contributed by atoms with E-state index in [1.807, 2.05) is 0 Å². The van der Waals surface area contributed by atoms with Gasteiger partial charge in [0.25, 0.3) is 5.92 Å². The Hall–Kier alpha value is -0.710. The predicted molar refractivity (Wildman–Crippen MR) is 51.4 cm³/mol. The van der Waals surface area contributed by atoms with E-state index in [-0.39, 0.29) is 12.3 Å². The number of piperidine rings is 1. The number of hydrogen-bond acceptors (Lipinski definition) is 2. The van der Waals surface area contributed by atoms with Gasteiger partial charge in [-0.25, -0.2) is 8.78 Å². The number of rotatable bonds is 2. The minimum Gasteiger partial charge on any atom is -0.342 e. The number of nitrogens with two attached hydrogens (primary N) is 1. The summed E-state index contributed by atoms with van der Waals surface area (Å²) in [5.41, 5.74) is 5.52. The van der Waals surface area contributed by atoms with Crippen LogP contribution in [0.25, 0.3) is 0 Å². The molecule has 1 atom stereocenters. The lowest BCUT2D eigenvalue weighted by molar-refractivity contribution is -0.136. The van der Waals surface area contributed by atoms with Crippen molar-refractivity contribution in [2.75, 3.05) is 19.6 Å². The van der Waals surface area contributed by atoms with Crippen molar-refractivity contribution >= 4 is 5.91 Å². The summed E-state index contributed by atoms with van der Waals surface area (Å²) in [4.78, 5) is 13.2. The molecule has 2 N–H and O–H groups in total. The van der Waals surface area contributed by atoms with Crippen LogP contribution >= 0.6 is 0 Å². The summed E-state index contributed by atoms with van der Waals surface area (Å²) in [6.45, 7) is 1.81. The third kappa shape index (κ3) is 2.12. The molecular weight excluding hydrogens is 202 g/mol. The lowest BCUT2D eigenvalue weighted by Crippen LogP contribution is -2.41. The summed E-state index contributed by atoms with van der Waals surface area (Å²) in [6, 6.07) is 0. The van der Waals surface area contributed by atoms with Crippen LogP contribution in [-0.4, -0.2) is 36.4 Å². The molecule has 1 saturated carbocycles. The average molecular weight is 218 g/mol. The number of amides is 1. The van der Waals surface area contributed by atoms with Gasteiger partial charge in [0.1, 0.15) is 5.92 Å². The van der Waals surface area contributed by atoms with Gasteiger partial charge in [-0.1, -0.05) is 0 Å². The molecule has 3 nitrogen and oxygen atoms in total. The van der Waals surface area contributed by atoms with Crippen molar-refractivity contribution in [3.05, 3.63) is 0 Å². The zero-order valence-corrected chi connectivity index (χ0v) is 8.59. The Morgan fingerprint density at radius 2 is 1.93 bits per heavy atom. The Balaban J connectivity index is 1.84. The maximum Gasteiger partial charge on any atom is 0.260 e. The molecule has 0 aromatic heterocycles. The lowest BCUT2D eigenvalue weighted by atomic mass is 9.97. The van der Waals surface area contributed by atoms with Crippen LogP contribution < -0.4 is 5.73 Å². The first-order chi connectivity index (χ1) is 7.04. The zero-order valence-electron chi connectivity index (χ0n) is 8.59. The number of carbonyl (C=O) groups excluding carboxylic acids is 1. The lowest BCUT2D eigenvalue weighted by Gasteiger charge is -2.31. The fourth-order valence-electron chi connectivity index (χ4n) is 2.09. The van der Waals surface area contributed by atoms with E-state index in [0.717, 1.165) is 12.8 Å². The summed E-state index contributed by atoms with van der Waals surface area (Å²) < 4.78 is 25.4. The van der Waals surface area contributed by atoms with E-state index in [2.05, 4.69) is 0 Å². The number of alkyl halides is 2. The van der Waals surface area contributed by atoms with E-state index in [4.69, 9.17) is 5.73 Å². The minimum atomic E-state index is -2.73. The highest BCUT2D eigenvalue weighted by molar-refractivity contribution is 5.83. The van der Waals surface area contributed by atoms with Gasteiger partial charge < -0.3 is 10.6 Å². The van der Waals surface area contributed by atoms with Crippen molar-refractivity contribution in [3.63, 3.8) is 0 Å². The quantitative estimate of drug-likeness (QED) is 0.746. The Morgan fingerprint density at radius 3 is 2.33 bits per heavy atom. The second-order valence-electron chi connectivity index (χ2n) is 4.52. The fourth-order valence-corrected chi connectivity index (χ4v) is 2.09. The zero-order chi connectivity index (χ0) is 11.1. The van der Waals surface area contributed by atoms with Crippen molar-refractivity contribution < 1.29 is 13.6 Å². The van der Waals surface area contributed by atoms with Crippen molar-refractivity contribution in [3.8, 4) is 0 Å². The highest BCUT2D eigenvalue weighted by Gasteiger charge is 2.62. The highest BCUT2D eigenvalue weighted by atomic mass is 19.3. The maximum atomic E-state index is 12.7. The molecular formula is C10H16F2N2O. The standard InChI is InChI=1S/C10H16F2N2O/c11-10(12)5-8(10)9(15)14-3-1-7(6-13)2-4-14/h7-8H,1-6,13H2. The Bertz CT molecular complexity index is 262. The summed E-state index contributed by atoms with van der Waals surface area (Å²) >= 11 is 0. The highest BCUT2D eigenvalue weighted by Crippen LogP contribution is 2.49. The van der Waals surface area contributed by atoms with Gasteiger partial charge in [-0.15, -0.1) is 0 Å². The molecule has 15 heavy (non-hydrogen) atoms. The average Bonchev–Trinajstić information content (AvgIpc) is 2.87. The summed E-state index contributed by atoms with van der Waals surface area (Å²) in [5.74, 6) is -3.68. The van der Waals surface area contributed by atoms with Crippen LogP contribution in [0.15, 0.2) is 0 Å². The van der Waals surface area contributed by atoms with Crippen LogP contribution in [0.5, 0.6) is 0 Å². The molecule has 5 heteroatoms. The van der Waals surface area contributed by atoms with Crippen LogP contribution in [0.3, 0.4) is 0 Å². The molecule has 1 heterocycles. The Kier molecular flexibility index (Phi) is 2.66. The smallest absolute Gasteiger partial charge is 0.260 e. The first kappa shape index (κ1) is 10.8. The van der Waals surface area contributed by atoms with Crippen molar-refractivity contribution in [1.82, 2.24) is 4.90 Å². The summed E-state index contributed by atoms with van der Waals surface area (Å²) in [7, 11) is 0. The first-order valence-electron chi connectivity index (χ1n) is 5.41. The number of halogens is 2. The van der Waals surface area contributed by atoms with Gasteiger partial charge in [0.15, 0.2) is 0 Å². The van der Waals surface area contributed by atoms with Gasteiger partial charge in [0, 0.05) is 19.5 Å². The van der Waals surface area contributed by atoms with E-state index in [9.17, 15) is 13.6 Å². The second-order valence-corrected chi connectivity index (χ2v) is 4.52. The van der Waals surface area contributed by atoms with Crippen molar-refractivity contribution in [2.45, 2.75) is 25.2 Å². The first-order valence-corrected chi connectivity index (χ1v) is 5.41. The minimum absolute atomic E-state index is 0.261. The molecule has 2 rings (SSSR count). The van der Waals surface area contributed by atoms with Gasteiger partial charge in [0.2, 0.25) is 5.91 Å². The van der Waals surface area contributed by atoms with Crippen LogP contribution in [0, 0.1) is 11.8 Å². The molecule has 1 unspecified atom stereocenters. The largest absolute Gasteiger partial charge is 0.342 e. The van der Waals surface area contributed by atoms with Gasteiger partial charge in [-0.2, -0.15) is 0 Å². The van der Waals surface area contributed by atoms with Crippen molar-refractivity contribution in [1.29, 1.82) is 0 Å². The number of hydrogen-bond donors (Lipinski definition) is 1. The molecule has 86 valence electrons. The number of carbonyl (C=O) groups is 1. The monoisotopic (exact) mass is 218 g/mol. The fraction of sp³-hybridized carbons (Fsp3) is 0.900. The summed E-state index contributed by atoms with van der Waals surface area (Å²) in [5, 5.41) is 0. The molecule has 0 aromatic carbocycles. The van der Waals surface area contributed by atoms with Crippen LogP contribution in [0.4, 0.5) is 8.78 Å².